The van der Waals surface area contributed by atoms with Crippen LogP contribution < -0.4 is 10.6 Å². The van der Waals surface area contributed by atoms with Gasteiger partial charge in [-0.3, -0.25) is 4.79 Å². The number of hydrogen-bond acceptors (Lipinski definition) is 2. The number of nitrogens with one attached hydrogen (secondary N) is 2. The van der Waals surface area contributed by atoms with E-state index in [0.29, 0.717) is 0 Å². The Morgan fingerprint density at radius 3 is 2.67 bits per heavy atom. The van der Waals surface area contributed by atoms with Crippen LogP contribution in [0.2, 0.25) is 0 Å². The molecule has 2 N–H and O–H groups in total. The van der Waals surface area contributed by atoms with Crippen molar-refractivity contribution < 1.29 is 9.18 Å². The van der Waals surface area contributed by atoms with Crippen molar-refractivity contribution in [2.75, 3.05) is 11.9 Å². The minimum absolute atomic E-state index is 0.0306. The topological polar surface area (TPSA) is 41.1 Å². The Bertz CT molecular complexity index is 713. The minimum Gasteiger partial charge on any atom is -0.325 e. The summed E-state index contributed by atoms with van der Waals surface area (Å²) in [6, 6.07) is 14.1. The number of amides is 1. The predicted molar refractivity (Wildman–Crippen MR) is 78.5 cm³/mol. The van der Waals surface area contributed by atoms with Crippen LogP contribution in [0.25, 0.3) is 0 Å². The molecule has 1 amide bonds. The number of carbonyl (C=O) groups excluding carboxylic acids is 1. The van der Waals surface area contributed by atoms with Crippen molar-refractivity contribution >= 4 is 11.6 Å². The Morgan fingerprint density at radius 2 is 1.86 bits per heavy atom. The lowest BCUT2D eigenvalue weighted by atomic mass is 9.73. The quantitative estimate of drug-likeness (QED) is 0.844. The minimum atomic E-state index is -0.589. The summed E-state index contributed by atoms with van der Waals surface area (Å²) in [4.78, 5) is 12.7. The summed E-state index contributed by atoms with van der Waals surface area (Å²) in [6.07, 6.45) is 0.748. The molecule has 4 heteroatoms. The normalized spacial score (nSPS) is 26.9. The van der Waals surface area contributed by atoms with Gasteiger partial charge in [-0.1, -0.05) is 30.3 Å². The van der Waals surface area contributed by atoms with E-state index in [1.165, 1.54) is 12.1 Å². The van der Waals surface area contributed by atoms with E-state index in [1.54, 1.807) is 12.1 Å². The molecule has 1 spiro atoms. The Balaban J connectivity index is 1.86. The van der Waals surface area contributed by atoms with E-state index in [-0.39, 0.29) is 17.8 Å². The Hall–Kier alpha value is -2.20. The summed E-state index contributed by atoms with van der Waals surface area (Å²) in [6.45, 7) is 0.768. The Morgan fingerprint density at radius 1 is 1.10 bits per heavy atom. The SMILES string of the molecule is O=C1Nc2ccccc2[C@@]12CCN[C@H]2c1ccc(F)cc1. The van der Waals surface area contributed by atoms with Crippen LogP contribution in [-0.4, -0.2) is 12.5 Å². The fourth-order valence-corrected chi connectivity index (χ4v) is 3.66. The number of halogens is 1. The van der Waals surface area contributed by atoms with Gasteiger partial charge in [0.25, 0.3) is 0 Å². The van der Waals surface area contributed by atoms with Crippen LogP contribution in [0.5, 0.6) is 0 Å². The van der Waals surface area contributed by atoms with E-state index in [9.17, 15) is 9.18 Å². The number of anilines is 1. The average Bonchev–Trinajstić information content (AvgIpc) is 3.05. The van der Waals surface area contributed by atoms with Crippen molar-refractivity contribution in [1.29, 1.82) is 0 Å². The van der Waals surface area contributed by atoms with Crippen molar-refractivity contribution in [3.8, 4) is 0 Å². The first-order valence-corrected chi connectivity index (χ1v) is 7.11. The van der Waals surface area contributed by atoms with Crippen LogP contribution in [0.15, 0.2) is 48.5 Å². The molecule has 2 atom stereocenters. The van der Waals surface area contributed by atoms with Crippen LogP contribution in [0.3, 0.4) is 0 Å². The molecule has 2 heterocycles. The number of fused-ring (bicyclic) bond motifs is 2. The second-order valence-electron chi connectivity index (χ2n) is 5.66. The van der Waals surface area contributed by atoms with Crippen molar-refractivity contribution in [3.63, 3.8) is 0 Å². The second kappa shape index (κ2) is 4.40. The van der Waals surface area contributed by atoms with Gasteiger partial charge in [-0.2, -0.15) is 0 Å². The summed E-state index contributed by atoms with van der Waals surface area (Å²) in [7, 11) is 0. The molecule has 21 heavy (non-hydrogen) atoms. The standard InChI is InChI=1S/C17H15FN2O/c18-12-7-5-11(6-8-12)15-17(9-10-19-15)13-3-1-2-4-14(13)20-16(17)21/h1-8,15,19H,9-10H2,(H,20,21)/t15-,17+/m0/s1. The fourth-order valence-electron chi connectivity index (χ4n) is 3.66. The lowest BCUT2D eigenvalue weighted by Crippen LogP contribution is -2.39. The lowest BCUT2D eigenvalue weighted by Gasteiger charge is -2.29. The summed E-state index contributed by atoms with van der Waals surface area (Å²) >= 11 is 0. The van der Waals surface area contributed by atoms with Crippen molar-refractivity contribution in [2.45, 2.75) is 17.9 Å². The van der Waals surface area contributed by atoms with Gasteiger partial charge in [-0.05, 0) is 42.3 Å². The molecule has 2 aromatic rings. The van der Waals surface area contributed by atoms with Gasteiger partial charge in [0.1, 0.15) is 5.82 Å². The molecular weight excluding hydrogens is 267 g/mol. The van der Waals surface area contributed by atoms with E-state index < -0.39 is 5.41 Å². The average molecular weight is 282 g/mol. The summed E-state index contributed by atoms with van der Waals surface area (Å²) in [5.41, 5.74) is 2.28. The third-order valence-electron chi connectivity index (χ3n) is 4.63. The van der Waals surface area contributed by atoms with Crippen LogP contribution in [0.1, 0.15) is 23.6 Å². The molecule has 4 rings (SSSR count). The van der Waals surface area contributed by atoms with Gasteiger partial charge in [0.2, 0.25) is 5.91 Å². The Kier molecular flexibility index (Phi) is 2.62. The van der Waals surface area contributed by atoms with E-state index in [0.717, 1.165) is 29.8 Å². The first-order valence-electron chi connectivity index (χ1n) is 7.11. The lowest BCUT2D eigenvalue weighted by molar-refractivity contribution is -0.121. The summed E-state index contributed by atoms with van der Waals surface area (Å²) in [5, 5.41) is 6.40. The number of benzene rings is 2. The highest BCUT2D eigenvalue weighted by atomic mass is 19.1. The molecule has 2 aliphatic heterocycles. The molecule has 0 aromatic heterocycles. The van der Waals surface area contributed by atoms with E-state index in [4.69, 9.17) is 0 Å². The molecule has 3 nitrogen and oxygen atoms in total. The van der Waals surface area contributed by atoms with Crippen molar-refractivity contribution in [1.82, 2.24) is 5.32 Å². The molecule has 0 unspecified atom stereocenters. The molecule has 2 aliphatic rings. The maximum absolute atomic E-state index is 13.2. The van der Waals surface area contributed by atoms with Gasteiger partial charge in [-0.15, -0.1) is 0 Å². The van der Waals surface area contributed by atoms with Gasteiger partial charge < -0.3 is 10.6 Å². The molecular formula is C17H15FN2O. The zero-order valence-electron chi connectivity index (χ0n) is 11.4. The first-order chi connectivity index (χ1) is 10.2. The predicted octanol–water partition coefficient (Wildman–Crippen LogP) is 2.75. The largest absolute Gasteiger partial charge is 0.325 e. The highest BCUT2D eigenvalue weighted by molar-refractivity contribution is 6.07. The second-order valence-corrected chi connectivity index (χ2v) is 5.66. The molecule has 1 fully saturated rings. The molecule has 106 valence electrons. The highest BCUT2D eigenvalue weighted by Crippen LogP contribution is 2.50. The summed E-state index contributed by atoms with van der Waals surface area (Å²) in [5.74, 6) is -0.231. The smallest absolute Gasteiger partial charge is 0.237 e. The van der Waals surface area contributed by atoms with Crippen LogP contribution >= 0.6 is 0 Å². The molecule has 1 saturated heterocycles. The van der Waals surface area contributed by atoms with Gasteiger partial charge >= 0.3 is 0 Å². The number of para-hydroxylation sites is 1. The monoisotopic (exact) mass is 282 g/mol. The molecule has 0 bridgehead atoms. The Labute approximate surface area is 122 Å². The first kappa shape index (κ1) is 12.5. The molecule has 0 aliphatic carbocycles. The zero-order chi connectivity index (χ0) is 14.4. The maximum atomic E-state index is 13.2. The zero-order valence-corrected chi connectivity index (χ0v) is 11.4. The fraction of sp³-hybridized carbons (Fsp3) is 0.235. The number of carbonyl (C=O) groups is 1. The van der Waals surface area contributed by atoms with Gasteiger partial charge in [0.05, 0.1) is 11.5 Å². The van der Waals surface area contributed by atoms with E-state index >= 15 is 0 Å². The van der Waals surface area contributed by atoms with Gasteiger partial charge in [0.15, 0.2) is 0 Å². The van der Waals surface area contributed by atoms with E-state index in [2.05, 4.69) is 10.6 Å². The molecule has 0 radical (unpaired) electrons. The van der Waals surface area contributed by atoms with Crippen LogP contribution in [-0.2, 0) is 10.2 Å². The van der Waals surface area contributed by atoms with Gasteiger partial charge in [0, 0.05) is 5.69 Å². The van der Waals surface area contributed by atoms with Crippen molar-refractivity contribution in [2.24, 2.45) is 0 Å². The van der Waals surface area contributed by atoms with Gasteiger partial charge in [-0.25, -0.2) is 4.39 Å². The third-order valence-corrected chi connectivity index (χ3v) is 4.63. The number of hydrogen-bond donors (Lipinski definition) is 2. The molecule has 2 aromatic carbocycles. The van der Waals surface area contributed by atoms with Crippen molar-refractivity contribution in [3.05, 3.63) is 65.5 Å². The van der Waals surface area contributed by atoms with Crippen LogP contribution in [0.4, 0.5) is 10.1 Å². The van der Waals surface area contributed by atoms with E-state index in [1.807, 2.05) is 24.3 Å². The van der Waals surface area contributed by atoms with Crippen LogP contribution in [0, 0.1) is 5.82 Å². The maximum Gasteiger partial charge on any atom is 0.237 e. The number of rotatable bonds is 1. The summed E-state index contributed by atoms with van der Waals surface area (Å²) < 4.78 is 13.2. The highest BCUT2D eigenvalue weighted by Gasteiger charge is 2.55. The molecule has 0 saturated carbocycles. The third kappa shape index (κ3) is 1.66.